The molecule has 1 aromatic heterocycles. The highest BCUT2D eigenvalue weighted by Crippen LogP contribution is 2.24. The van der Waals surface area contributed by atoms with Crippen LogP contribution in [0.4, 0.5) is 0 Å². The largest absolute Gasteiger partial charge is 0.396 e. The molecule has 1 aliphatic heterocycles. The van der Waals surface area contributed by atoms with E-state index in [1.54, 1.807) is 0 Å². The van der Waals surface area contributed by atoms with Gasteiger partial charge in [0.05, 0.1) is 16.4 Å². The lowest BCUT2D eigenvalue weighted by atomic mass is 10.1. The van der Waals surface area contributed by atoms with Gasteiger partial charge < -0.3 is 5.11 Å². The van der Waals surface area contributed by atoms with E-state index in [1.165, 1.54) is 0 Å². The first-order valence-corrected chi connectivity index (χ1v) is 6.00. The standard InChI is InChI=1S/C11H18ClN3O/c1-8-11(12)10(14(2)13-8)6-15-4-3-9(5-15)7-16/h9,16H,3-7H2,1-2H3. The van der Waals surface area contributed by atoms with Gasteiger partial charge >= 0.3 is 0 Å². The van der Waals surface area contributed by atoms with Crippen LogP contribution in [-0.4, -0.2) is 39.5 Å². The van der Waals surface area contributed by atoms with Crippen LogP contribution in [0, 0.1) is 12.8 Å². The maximum absolute atomic E-state index is 9.09. The third kappa shape index (κ3) is 2.24. The van der Waals surface area contributed by atoms with Crippen LogP contribution in [-0.2, 0) is 13.6 Å². The van der Waals surface area contributed by atoms with Crippen LogP contribution in [0.15, 0.2) is 0 Å². The number of nitrogens with zero attached hydrogens (tertiary/aromatic N) is 3. The zero-order valence-electron chi connectivity index (χ0n) is 9.78. The summed E-state index contributed by atoms with van der Waals surface area (Å²) in [6, 6.07) is 0. The van der Waals surface area contributed by atoms with Crippen LogP contribution in [0.3, 0.4) is 0 Å². The van der Waals surface area contributed by atoms with E-state index in [2.05, 4.69) is 10.00 Å². The molecule has 5 heteroatoms. The molecule has 2 rings (SSSR count). The van der Waals surface area contributed by atoms with Crippen LogP contribution >= 0.6 is 11.6 Å². The van der Waals surface area contributed by atoms with Crippen LogP contribution in [0.1, 0.15) is 17.8 Å². The molecule has 0 saturated carbocycles. The summed E-state index contributed by atoms with van der Waals surface area (Å²) in [4.78, 5) is 2.32. The molecule has 1 atom stereocenters. The Morgan fingerprint density at radius 1 is 1.56 bits per heavy atom. The van der Waals surface area contributed by atoms with Gasteiger partial charge in [-0.15, -0.1) is 0 Å². The van der Waals surface area contributed by atoms with Crippen LogP contribution in [0.25, 0.3) is 0 Å². The third-order valence-corrected chi connectivity index (χ3v) is 3.75. The molecule has 0 bridgehead atoms. The monoisotopic (exact) mass is 243 g/mol. The fraction of sp³-hybridized carbons (Fsp3) is 0.727. The minimum Gasteiger partial charge on any atom is -0.396 e. The summed E-state index contributed by atoms with van der Waals surface area (Å²) in [6.45, 7) is 5.02. The Bertz CT molecular complexity index is 378. The highest BCUT2D eigenvalue weighted by molar-refractivity contribution is 6.31. The van der Waals surface area contributed by atoms with Gasteiger partial charge in [-0.25, -0.2) is 0 Å². The number of hydrogen-bond donors (Lipinski definition) is 1. The molecule has 2 heterocycles. The molecule has 90 valence electrons. The smallest absolute Gasteiger partial charge is 0.0860 e. The van der Waals surface area contributed by atoms with Gasteiger partial charge in [0.25, 0.3) is 0 Å². The van der Waals surface area contributed by atoms with E-state index in [0.29, 0.717) is 5.92 Å². The second kappa shape index (κ2) is 4.73. The molecule has 1 unspecified atom stereocenters. The summed E-state index contributed by atoms with van der Waals surface area (Å²) < 4.78 is 1.85. The quantitative estimate of drug-likeness (QED) is 0.867. The minimum absolute atomic E-state index is 0.286. The molecule has 4 nitrogen and oxygen atoms in total. The molecule has 0 aliphatic carbocycles. The highest BCUT2D eigenvalue weighted by atomic mass is 35.5. The highest BCUT2D eigenvalue weighted by Gasteiger charge is 2.23. The average Bonchev–Trinajstić information content (AvgIpc) is 2.80. The first-order valence-electron chi connectivity index (χ1n) is 5.63. The molecule has 1 aromatic rings. The Labute approximate surface area is 101 Å². The van der Waals surface area contributed by atoms with Crippen molar-refractivity contribution in [2.45, 2.75) is 19.9 Å². The SMILES string of the molecule is Cc1nn(C)c(CN2CCC(CO)C2)c1Cl. The minimum atomic E-state index is 0.286. The van der Waals surface area contributed by atoms with E-state index in [0.717, 1.165) is 42.5 Å². The van der Waals surface area contributed by atoms with Crippen molar-refractivity contribution in [3.8, 4) is 0 Å². The van der Waals surface area contributed by atoms with Gasteiger partial charge in [0.1, 0.15) is 0 Å². The van der Waals surface area contributed by atoms with Gasteiger partial charge in [-0.2, -0.15) is 5.10 Å². The second-order valence-corrected chi connectivity index (χ2v) is 4.92. The van der Waals surface area contributed by atoms with Gasteiger partial charge in [0.15, 0.2) is 0 Å². The molecular weight excluding hydrogens is 226 g/mol. The molecular formula is C11H18ClN3O. The normalized spacial score (nSPS) is 21.9. The van der Waals surface area contributed by atoms with Crippen molar-refractivity contribution in [1.82, 2.24) is 14.7 Å². The molecule has 1 aliphatic rings. The Kier molecular flexibility index (Phi) is 3.52. The van der Waals surface area contributed by atoms with Crippen molar-refractivity contribution in [3.63, 3.8) is 0 Å². The van der Waals surface area contributed by atoms with Gasteiger partial charge in [-0.3, -0.25) is 9.58 Å². The molecule has 0 amide bonds. The van der Waals surface area contributed by atoms with Crippen LogP contribution in [0.5, 0.6) is 0 Å². The third-order valence-electron chi connectivity index (χ3n) is 3.26. The van der Waals surface area contributed by atoms with Crippen molar-refractivity contribution >= 4 is 11.6 Å². The van der Waals surface area contributed by atoms with Gasteiger partial charge in [-0.1, -0.05) is 11.6 Å². The first kappa shape index (κ1) is 11.9. The van der Waals surface area contributed by atoms with Gasteiger partial charge in [0.2, 0.25) is 0 Å². The summed E-state index contributed by atoms with van der Waals surface area (Å²) in [6.07, 6.45) is 1.07. The number of likely N-dealkylation sites (tertiary alicyclic amines) is 1. The lowest BCUT2D eigenvalue weighted by Crippen LogP contribution is -2.22. The van der Waals surface area contributed by atoms with Crippen molar-refractivity contribution in [3.05, 3.63) is 16.4 Å². The summed E-state index contributed by atoms with van der Waals surface area (Å²) in [5.74, 6) is 0.424. The van der Waals surface area contributed by atoms with Crippen molar-refractivity contribution in [1.29, 1.82) is 0 Å². The predicted octanol–water partition coefficient (Wildman–Crippen LogP) is 1.20. The van der Waals surface area contributed by atoms with E-state index >= 15 is 0 Å². The lowest BCUT2D eigenvalue weighted by molar-refractivity contribution is 0.219. The van der Waals surface area contributed by atoms with Crippen molar-refractivity contribution in [2.75, 3.05) is 19.7 Å². The predicted molar refractivity (Wildman–Crippen MR) is 63.4 cm³/mol. The summed E-state index contributed by atoms with van der Waals surface area (Å²) in [5.41, 5.74) is 1.95. The number of aliphatic hydroxyl groups excluding tert-OH is 1. The van der Waals surface area contributed by atoms with Crippen LogP contribution < -0.4 is 0 Å². The van der Waals surface area contributed by atoms with E-state index < -0.39 is 0 Å². The Morgan fingerprint density at radius 2 is 2.31 bits per heavy atom. The van der Waals surface area contributed by atoms with Crippen LogP contribution in [0.2, 0.25) is 5.02 Å². The molecule has 0 spiro atoms. The molecule has 1 N–H and O–H groups in total. The van der Waals surface area contributed by atoms with E-state index in [9.17, 15) is 0 Å². The van der Waals surface area contributed by atoms with Gasteiger partial charge in [-0.05, 0) is 25.8 Å². The van der Waals surface area contributed by atoms with E-state index in [-0.39, 0.29) is 6.61 Å². The molecule has 1 fully saturated rings. The Hall–Kier alpha value is -0.580. The molecule has 0 radical (unpaired) electrons. The topological polar surface area (TPSA) is 41.3 Å². The summed E-state index contributed by atoms with van der Waals surface area (Å²) in [5, 5.41) is 14.2. The Balaban J connectivity index is 2.04. The zero-order chi connectivity index (χ0) is 11.7. The number of halogens is 1. The van der Waals surface area contributed by atoms with E-state index in [1.807, 2.05) is 18.7 Å². The van der Waals surface area contributed by atoms with Crippen molar-refractivity contribution in [2.24, 2.45) is 13.0 Å². The van der Waals surface area contributed by atoms with Gasteiger partial charge in [0, 0.05) is 26.7 Å². The number of rotatable bonds is 3. The maximum Gasteiger partial charge on any atom is 0.0860 e. The fourth-order valence-electron chi connectivity index (χ4n) is 2.27. The summed E-state index contributed by atoms with van der Waals surface area (Å²) >= 11 is 6.20. The van der Waals surface area contributed by atoms with E-state index in [4.69, 9.17) is 16.7 Å². The van der Waals surface area contributed by atoms with Crippen molar-refractivity contribution < 1.29 is 5.11 Å². The number of hydrogen-bond acceptors (Lipinski definition) is 3. The average molecular weight is 244 g/mol. The first-order chi connectivity index (χ1) is 7.61. The number of aliphatic hydroxyl groups is 1. The maximum atomic E-state index is 9.09. The molecule has 1 saturated heterocycles. The fourth-order valence-corrected chi connectivity index (χ4v) is 2.49. The second-order valence-electron chi connectivity index (χ2n) is 4.54. The molecule has 0 aromatic carbocycles. The Morgan fingerprint density at radius 3 is 2.81 bits per heavy atom. The zero-order valence-corrected chi connectivity index (χ0v) is 10.5. The number of aromatic nitrogens is 2. The summed E-state index contributed by atoms with van der Waals surface area (Å²) in [7, 11) is 1.92. The molecule has 16 heavy (non-hydrogen) atoms. The number of aryl methyl sites for hydroxylation is 2. The lowest BCUT2D eigenvalue weighted by Gasteiger charge is -2.15.